The third-order valence-corrected chi connectivity index (χ3v) is 4.45. The van der Waals surface area contributed by atoms with Crippen molar-refractivity contribution < 1.29 is 28.5 Å². The van der Waals surface area contributed by atoms with Crippen LogP contribution in [0.1, 0.15) is 23.1 Å². The Bertz CT molecular complexity index is 646. The van der Waals surface area contributed by atoms with Gasteiger partial charge in [0.2, 0.25) is 0 Å². The highest BCUT2D eigenvalue weighted by Crippen LogP contribution is 2.30. The molecule has 0 radical (unpaired) electrons. The van der Waals surface area contributed by atoms with E-state index in [1.165, 1.54) is 35.3 Å². The third kappa shape index (κ3) is 4.70. The molecule has 23 heavy (non-hydrogen) atoms. The van der Waals surface area contributed by atoms with Crippen LogP contribution in [0, 0.1) is 0 Å². The molecule has 1 heterocycles. The lowest BCUT2D eigenvalue weighted by molar-refractivity contribution is -0.870. The second-order valence-electron chi connectivity index (χ2n) is 7.36. The molecule has 0 amide bonds. The minimum atomic E-state index is 0. The lowest BCUT2D eigenvalue weighted by atomic mass is 10.0. The molecule has 2 nitrogen and oxygen atoms in total. The smallest absolute Gasteiger partial charge is 0.0797 e. The molecule has 0 atom stereocenters. The van der Waals surface area contributed by atoms with E-state index in [0.29, 0.717) is 0 Å². The number of rotatable bonds is 4. The SMILES string of the molecule is C[N+](C)(C)CCCN1Cc2ccccc2Cc2ccccc21.[I-]. The minimum Gasteiger partial charge on any atom is -1.00 e. The van der Waals surface area contributed by atoms with Gasteiger partial charge >= 0.3 is 0 Å². The third-order valence-electron chi connectivity index (χ3n) is 4.45. The number of halogens is 1. The van der Waals surface area contributed by atoms with E-state index in [0.717, 1.165) is 24.0 Å². The zero-order valence-corrected chi connectivity index (χ0v) is 16.6. The van der Waals surface area contributed by atoms with Crippen molar-refractivity contribution in [3.8, 4) is 0 Å². The Kier molecular flexibility index (Phi) is 6.09. The molecule has 3 heteroatoms. The molecular formula is C20H27IN2. The first-order valence-corrected chi connectivity index (χ1v) is 8.23. The lowest BCUT2D eigenvalue weighted by Gasteiger charge is -2.28. The van der Waals surface area contributed by atoms with Gasteiger partial charge in [0.1, 0.15) is 0 Å². The van der Waals surface area contributed by atoms with Crippen LogP contribution in [0.4, 0.5) is 5.69 Å². The first-order chi connectivity index (χ1) is 10.5. The van der Waals surface area contributed by atoms with Crippen LogP contribution in [-0.2, 0) is 13.0 Å². The normalized spacial score (nSPS) is 13.6. The first kappa shape index (κ1) is 18.3. The molecule has 1 aliphatic rings. The number of hydrogen-bond donors (Lipinski definition) is 0. The van der Waals surface area contributed by atoms with Gasteiger partial charge in [0, 0.05) is 25.2 Å². The molecule has 0 saturated carbocycles. The van der Waals surface area contributed by atoms with Gasteiger partial charge in [-0.15, -0.1) is 0 Å². The van der Waals surface area contributed by atoms with E-state index >= 15 is 0 Å². The van der Waals surface area contributed by atoms with Crippen LogP contribution in [0.15, 0.2) is 48.5 Å². The number of quaternary nitrogens is 1. The number of fused-ring (bicyclic) bond motifs is 2. The molecule has 0 aliphatic carbocycles. The van der Waals surface area contributed by atoms with Crippen molar-refractivity contribution in [2.75, 3.05) is 39.1 Å². The summed E-state index contributed by atoms with van der Waals surface area (Å²) < 4.78 is 1.03. The summed E-state index contributed by atoms with van der Waals surface area (Å²) >= 11 is 0. The Morgan fingerprint density at radius 1 is 0.870 bits per heavy atom. The second-order valence-corrected chi connectivity index (χ2v) is 7.36. The van der Waals surface area contributed by atoms with Crippen LogP contribution in [0.25, 0.3) is 0 Å². The van der Waals surface area contributed by atoms with Gasteiger partial charge in [0.05, 0.1) is 27.7 Å². The summed E-state index contributed by atoms with van der Waals surface area (Å²) in [6, 6.07) is 17.8. The van der Waals surface area contributed by atoms with Crippen molar-refractivity contribution in [1.82, 2.24) is 0 Å². The lowest BCUT2D eigenvalue weighted by Crippen LogP contribution is -3.00. The van der Waals surface area contributed by atoms with E-state index in [4.69, 9.17) is 0 Å². The summed E-state index contributed by atoms with van der Waals surface area (Å²) in [4.78, 5) is 2.57. The maximum Gasteiger partial charge on any atom is 0.0797 e. The van der Waals surface area contributed by atoms with Crippen molar-refractivity contribution in [2.24, 2.45) is 0 Å². The van der Waals surface area contributed by atoms with Gasteiger partial charge in [-0.25, -0.2) is 0 Å². The number of nitrogens with zero attached hydrogens (tertiary/aromatic N) is 2. The van der Waals surface area contributed by atoms with Crippen LogP contribution in [0.2, 0.25) is 0 Å². The summed E-state index contributed by atoms with van der Waals surface area (Å²) in [5, 5.41) is 0. The quantitative estimate of drug-likeness (QED) is 0.518. The Morgan fingerprint density at radius 2 is 1.48 bits per heavy atom. The number of benzene rings is 2. The zero-order valence-electron chi connectivity index (χ0n) is 14.4. The molecule has 0 saturated heterocycles. The molecule has 0 bridgehead atoms. The summed E-state index contributed by atoms with van der Waals surface area (Å²) in [7, 11) is 6.81. The van der Waals surface area contributed by atoms with E-state index in [9.17, 15) is 0 Å². The standard InChI is InChI=1S/C20H27N2.HI/c1-22(2,3)14-8-13-21-16-19-11-5-4-9-17(19)15-18-10-6-7-12-20(18)21;/h4-7,9-12H,8,13-16H2,1-3H3;1H/q+1;/p-1. The average molecular weight is 422 g/mol. The molecule has 2 aromatic carbocycles. The number of hydrogen-bond acceptors (Lipinski definition) is 1. The molecule has 0 aromatic heterocycles. The van der Waals surface area contributed by atoms with E-state index < -0.39 is 0 Å². The molecule has 3 rings (SSSR count). The van der Waals surface area contributed by atoms with Crippen LogP contribution in [0.5, 0.6) is 0 Å². The predicted octanol–water partition coefficient (Wildman–Crippen LogP) is 0.698. The van der Waals surface area contributed by atoms with Gasteiger partial charge in [-0.1, -0.05) is 42.5 Å². The highest BCUT2D eigenvalue weighted by atomic mass is 127. The van der Waals surface area contributed by atoms with Gasteiger partial charge < -0.3 is 33.4 Å². The van der Waals surface area contributed by atoms with Crippen molar-refractivity contribution in [3.63, 3.8) is 0 Å². The fourth-order valence-corrected chi connectivity index (χ4v) is 3.28. The van der Waals surface area contributed by atoms with Crippen molar-refractivity contribution in [2.45, 2.75) is 19.4 Å². The van der Waals surface area contributed by atoms with Gasteiger partial charge in [-0.3, -0.25) is 0 Å². The van der Waals surface area contributed by atoms with E-state index in [-0.39, 0.29) is 24.0 Å². The Morgan fingerprint density at radius 3 is 2.17 bits per heavy atom. The highest BCUT2D eigenvalue weighted by molar-refractivity contribution is 5.58. The Labute approximate surface area is 157 Å². The number of para-hydroxylation sites is 1. The highest BCUT2D eigenvalue weighted by Gasteiger charge is 2.19. The largest absolute Gasteiger partial charge is 1.00 e. The van der Waals surface area contributed by atoms with Gasteiger partial charge in [0.25, 0.3) is 0 Å². The Balaban J connectivity index is 0.00000192. The van der Waals surface area contributed by atoms with Gasteiger partial charge in [-0.2, -0.15) is 0 Å². The van der Waals surface area contributed by atoms with Gasteiger partial charge in [0.15, 0.2) is 0 Å². The molecule has 124 valence electrons. The average Bonchev–Trinajstić information content (AvgIpc) is 2.62. The molecule has 2 aromatic rings. The maximum atomic E-state index is 2.57. The van der Waals surface area contributed by atoms with Crippen LogP contribution in [-0.4, -0.2) is 38.7 Å². The molecule has 0 spiro atoms. The molecular weight excluding hydrogens is 395 g/mol. The van der Waals surface area contributed by atoms with E-state index in [2.05, 4.69) is 74.6 Å². The molecule has 0 unspecified atom stereocenters. The topological polar surface area (TPSA) is 3.24 Å². The van der Waals surface area contributed by atoms with E-state index in [1.807, 2.05) is 0 Å². The summed E-state index contributed by atoms with van der Waals surface area (Å²) in [6.07, 6.45) is 2.28. The van der Waals surface area contributed by atoms with Crippen molar-refractivity contribution in [1.29, 1.82) is 0 Å². The maximum absolute atomic E-state index is 2.57. The summed E-state index contributed by atoms with van der Waals surface area (Å²) in [5.74, 6) is 0. The van der Waals surface area contributed by atoms with Crippen molar-refractivity contribution in [3.05, 3.63) is 65.2 Å². The second kappa shape index (κ2) is 7.67. The minimum absolute atomic E-state index is 0. The van der Waals surface area contributed by atoms with Crippen LogP contribution >= 0.6 is 0 Å². The summed E-state index contributed by atoms with van der Waals surface area (Å²) in [6.45, 7) is 3.37. The predicted molar refractivity (Wildman–Crippen MR) is 94.3 cm³/mol. The van der Waals surface area contributed by atoms with Crippen LogP contribution < -0.4 is 28.9 Å². The summed E-state index contributed by atoms with van der Waals surface area (Å²) in [5.41, 5.74) is 5.82. The first-order valence-electron chi connectivity index (χ1n) is 8.23. The zero-order chi connectivity index (χ0) is 15.6. The van der Waals surface area contributed by atoms with Crippen molar-refractivity contribution >= 4 is 5.69 Å². The monoisotopic (exact) mass is 422 g/mol. The fourth-order valence-electron chi connectivity index (χ4n) is 3.28. The molecule has 0 fully saturated rings. The Hall–Kier alpha value is -1.07. The molecule has 0 N–H and O–H groups in total. The van der Waals surface area contributed by atoms with E-state index in [1.54, 1.807) is 0 Å². The van der Waals surface area contributed by atoms with Crippen LogP contribution in [0.3, 0.4) is 0 Å². The molecule has 1 aliphatic heterocycles. The fraction of sp³-hybridized carbons (Fsp3) is 0.400. The van der Waals surface area contributed by atoms with Gasteiger partial charge in [-0.05, 0) is 29.2 Å². The number of anilines is 1.